The van der Waals surface area contributed by atoms with Gasteiger partial charge in [-0.2, -0.15) is 0 Å². The van der Waals surface area contributed by atoms with Crippen LogP contribution in [0.25, 0.3) is 11.1 Å². The number of benzene rings is 5. The van der Waals surface area contributed by atoms with Crippen LogP contribution in [-0.4, -0.2) is 0 Å². The number of hydrogen-bond acceptors (Lipinski definition) is 0. The van der Waals surface area contributed by atoms with Crippen LogP contribution >= 0.6 is 5.15 Å². The fraction of sp³-hybridized carbons (Fsp3) is 0.0303. The summed E-state index contributed by atoms with van der Waals surface area (Å²) < 4.78 is 3.80. The summed E-state index contributed by atoms with van der Waals surface area (Å²) in [4.78, 5) is 0. The molecule has 0 saturated heterocycles. The van der Waals surface area contributed by atoms with Gasteiger partial charge in [-0.3, -0.25) is 0 Å². The van der Waals surface area contributed by atoms with Gasteiger partial charge in [-0.15, -0.1) is 0 Å². The van der Waals surface area contributed by atoms with Crippen molar-refractivity contribution in [3.8, 4) is 21.2 Å². The van der Waals surface area contributed by atoms with E-state index in [2.05, 4.69) is 144 Å². The third kappa shape index (κ3) is 4.12. The molecule has 5 aromatic rings. The maximum atomic E-state index is 3.80. The molecule has 0 amide bonds. The van der Waals surface area contributed by atoms with E-state index in [9.17, 15) is 0 Å². The Morgan fingerprint density at radius 1 is 0.514 bits per heavy atom. The summed E-state index contributed by atoms with van der Waals surface area (Å²) in [6.45, 7) is 0. The van der Waals surface area contributed by atoms with Gasteiger partial charge in [0, 0.05) is 0 Å². The molecule has 0 heterocycles. The topological polar surface area (TPSA) is 0 Å². The Kier molecular flexibility index (Phi) is 6.26. The predicted molar refractivity (Wildman–Crippen MR) is 148 cm³/mol. The molecular weight excluding hydrogens is 624 g/mol. The van der Waals surface area contributed by atoms with E-state index in [0.29, 0.717) is 0 Å². The van der Waals surface area contributed by atoms with Crippen LogP contribution in [0.3, 0.4) is 0 Å². The summed E-state index contributed by atoms with van der Waals surface area (Å²) in [5.74, 6) is 3.67. The first kappa shape index (κ1) is 22.3. The van der Waals surface area contributed by atoms with Crippen LogP contribution in [0, 0.1) is 10.1 Å². The van der Waals surface area contributed by atoms with Crippen LogP contribution in [0.2, 0.25) is 0 Å². The van der Waals surface area contributed by atoms with E-state index in [1.165, 1.54) is 43.7 Å². The van der Waals surface area contributed by atoms with Crippen LogP contribution in [0.4, 0.5) is 0 Å². The minimum absolute atomic E-state index is 0.326. The molecule has 0 aliphatic heterocycles. The normalized spacial score (nSPS) is 12.3. The van der Waals surface area contributed by atoms with Gasteiger partial charge in [0.2, 0.25) is 0 Å². The van der Waals surface area contributed by atoms with Gasteiger partial charge in [0.15, 0.2) is 0 Å². The van der Waals surface area contributed by atoms with Crippen molar-refractivity contribution in [3.05, 3.63) is 150 Å². The molecule has 0 radical (unpaired) electrons. The van der Waals surface area contributed by atoms with E-state index in [0.717, 1.165) is 6.42 Å². The molecule has 0 atom stereocenters. The Bertz CT molecular complexity index is 1430. The Hall–Kier alpha value is -3.17. The van der Waals surface area contributed by atoms with Crippen molar-refractivity contribution in [2.24, 2.45) is 0 Å². The van der Waals surface area contributed by atoms with Gasteiger partial charge in [-0.25, -0.2) is 0 Å². The summed E-state index contributed by atoms with van der Waals surface area (Å²) in [5, 5.41) is 2.09. The maximum absolute atomic E-state index is 3.80. The molecule has 173 valence electrons. The van der Waals surface area contributed by atoms with Gasteiger partial charge in [0.25, 0.3) is 0 Å². The SMILES string of the molecule is [C](#Cc1cccc2c1Cc1ccccc1-2)[Au][PH](c1ccccc1)(c1ccccc1)c1ccccc1. The van der Waals surface area contributed by atoms with Crippen molar-refractivity contribution in [1.82, 2.24) is 0 Å². The van der Waals surface area contributed by atoms with Crippen molar-refractivity contribution >= 4 is 21.1 Å². The van der Waals surface area contributed by atoms with Gasteiger partial charge in [0.1, 0.15) is 0 Å². The van der Waals surface area contributed by atoms with Gasteiger partial charge in [-0.05, 0) is 0 Å². The minimum atomic E-state index is -2.24. The van der Waals surface area contributed by atoms with Gasteiger partial charge in [-0.1, -0.05) is 0 Å². The molecule has 0 unspecified atom stereocenters. The van der Waals surface area contributed by atoms with E-state index in [-0.39, 0.29) is 19.2 Å². The molecular formula is C33H25AuP. The second-order valence-corrected chi connectivity index (χ2v) is 18.8. The number of rotatable bonds is 4. The second kappa shape index (κ2) is 9.83. The van der Waals surface area contributed by atoms with Crippen molar-refractivity contribution < 1.29 is 19.2 Å². The summed E-state index contributed by atoms with van der Waals surface area (Å²) >= 11 is -0.326. The zero-order valence-electron chi connectivity index (χ0n) is 19.2. The summed E-state index contributed by atoms with van der Waals surface area (Å²) in [6.07, 6.45) is 0.978. The molecule has 0 fully saturated rings. The third-order valence-electron chi connectivity index (χ3n) is 6.62. The quantitative estimate of drug-likeness (QED) is 0.120. The van der Waals surface area contributed by atoms with E-state index < -0.39 is 5.15 Å². The molecule has 6 rings (SSSR count). The predicted octanol–water partition coefficient (Wildman–Crippen LogP) is 6.29. The average molecular weight is 650 g/mol. The first-order chi connectivity index (χ1) is 17.4. The van der Waals surface area contributed by atoms with Gasteiger partial charge < -0.3 is 0 Å². The Morgan fingerprint density at radius 3 is 1.63 bits per heavy atom. The Morgan fingerprint density at radius 2 is 1.03 bits per heavy atom. The standard InChI is InChI=1S/C18H15P.C15H9.Au/c1-4-10-16(11-5-1)19(17-12-6-2-7-13-17)18-14-8-3-9-15-18;1-2-11-7-5-9-14-13-8-4-3-6-12(13)10-15(11)14;/h1-15H;3-9H,10H2;/q;;-1/p+1. The van der Waals surface area contributed by atoms with Crippen molar-refractivity contribution in [2.45, 2.75) is 6.42 Å². The van der Waals surface area contributed by atoms with Crippen LogP contribution in [-0.2, 0) is 25.6 Å². The summed E-state index contributed by atoms with van der Waals surface area (Å²) in [6, 6.07) is 48.7. The molecule has 0 bridgehead atoms. The molecule has 0 spiro atoms. The first-order valence-corrected chi connectivity index (χ1v) is 17.9. The van der Waals surface area contributed by atoms with Crippen LogP contribution in [0.5, 0.6) is 0 Å². The Balaban J connectivity index is 1.48. The van der Waals surface area contributed by atoms with Crippen LogP contribution in [0.1, 0.15) is 16.7 Å². The molecule has 0 saturated carbocycles. The van der Waals surface area contributed by atoms with E-state index in [4.69, 9.17) is 0 Å². The van der Waals surface area contributed by atoms with Gasteiger partial charge >= 0.3 is 218 Å². The van der Waals surface area contributed by atoms with E-state index in [1.54, 1.807) is 0 Å². The zero-order chi connectivity index (χ0) is 23.5. The molecule has 0 N–H and O–H groups in total. The monoisotopic (exact) mass is 649 g/mol. The number of fused-ring (bicyclic) bond motifs is 3. The summed E-state index contributed by atoms with van der Waals surface area (Å²) in [7, 11) is 0. The molecule has 1 aliphatic rings. The zero-order valence-corrected chi connectivity index (χ0v) is 22.4. The molecule has 5 aromatic carbocycles. The fourth-order valence-corrected chi connectivity index (χ4v) is 16.3. The van der Waals surface area contributed by atoms with Crippen molar-refractivity contribution in [1.29, 1.82) is 0 Å². The third-order valence-corrected chi connectivity index (χ3v) is 19.3. The average Bonchev–Trinajstić information content (AvgIpc) is 3.32. The van der Waals surface area contributed by atoms with E-state index in [1.807, 2.05) is 0 Å². The molecule has 1 aliphatic carbocycles. The molecule has 35 heavy (non-hydrogen) atoms. The van der Waals surface area contributed by atoms with Gasteiger partial charge in [0.05, 0.1) is 0 Å². The summed E-state index contributed by atoms with van der Waals surface area (Å²) in [5.41, 5.74) is 6.69. The molecule has 2 heteroatoms. The Labute approximate surface area is 217 Å². The van der Waals surface area contributed by atoms with E-state index >= 15 is 0 Å². The molecule has 0 aromatic heterocycles. The molecule has 0 nitrogen and oxygen atoms in total. The first-order valence-electron chi connectivity index (χ1n) is 11.8. The van der Waals surface area contributed by atoms with Crippen molar-refractivity contribution in [3.63, 3.8) is 0 Å². The fourth-order valence-electron chi connectivity index (χ4n) is 4.99. The van der Waals surface area contributed by atoms with Crippen LogP contribution < -0.4 is 15.9 Å². The van der Waals surface area contributed by atoms with Crippen molar-refractivity contribution in [2.75, 3.05) is 0 Å². The second-order valence-electron chi connectivity index (χ2n) is 8.64. The van der Waals surface area contributed by atoms with Crippen LogP contribution in [0.15, 0.2) is 133 Å². The number of hydrogen-bond donors (Lipinski definition) is 0.